The third kappa shape index (κ3) is 1.93. The zero-order valence-corrected chi connectivity index (χ0v) is 11.1. The van der Waals surface area contributed by atoms with Gasteiger partial charge < -0.3 is 4.90 Å². The molecular formula is C14H26N2. The van der Waals surface area contributed by atoms with E-state index in [9.17, 15) is 0 Å². The van der Waals surface area contributed by atoms with Gasteiger partial charge in [0.15, 0.2) is 0 Å². The molecule has 0 N–H and O–H groups in total. The van der Waals surface area contributed by atoms with Crippen LogP contribution in [0.5, 0.6) is 0 Å². The van der Waals surface area contributed by atoms with Crippen LogP contribution in [0.15, 0.2) is 12.7 Å². The van der Waals surface area contributed by atoms with Crippen LogP contribution < -0.4 is 0 Å². The summed E-state index contributed by atoms with van der Waals surface area (Å²) in [5, 5.41) is 0. The molecule has 16 heavy (non-hydrogen) atoms. The number of likely N-dealkylation sites (N-methyl/N-ethyl adjacent to an activating group) is 1. The van der Waals surface area contributed by atoms with Gasteiger partial charge in [-0.15, -0.1) is 6.58 Å². The highest BCUT2D eigenvalue weighted by Crippen LogP contribution is 2.45. The lowest BCUT2D eigenvalue weighted by Gasteiger charge is -2.44. The fourth-order valence-electron chi connectivity index (χ4n) is 3.61. The maximum absolute atomic E-state index is 4.04. The Bertz CT molecular complexity index is 251. The number of likely N-dealkylation sites (tertiary alicyclic amines) is 2. The van der Waals surface area contributed by atoms with Crippen LogP contribution in [0.4, 0.5) is 0 Å². The molecule has 2 fully saturated rings. The SMILES string of the molecule is C=C[C@H]1N(C)CCC12CCN(C(C)C)CC2. The Morgan fingerprint density at radius 3 is 2.25 bits per heavy atom. The van der Waals surface area contributed by atoms with Crippen LogP contribution in [-0.2, 0) is 0 Å². The van der Waals surface area contributed by atoms with E-state index in [1.165, 1.54) is 38.9 Å². The molecule has 2 nitrogen and oxygen atoms in total. The summed E-state index contributed by atoms with van der Waals surface area (Å²) in [5.41, 5.74) is 0.544. The average Bonchev–Trinajstić information content (AvgIpc) is 2.56. The molecule has 2 aliphatic heterocycles. The number of nitrogens with zero attached hydrogens (tertiary/aromatic N) is 2. The van der Waals surface area contributed by atoms with Crippen molar-refractivity contribution in [3.8, 4) is 0 Å². The average molecular weight is 222 g/mol. The monoisotopic (exact) mass is 222 g/mol. The Morgan fingerprint density at radius 1 is 1.19 bits per heavy atom. The Hall–Kier alpha value is -0.340. The van der Waals surface area contributed by atoms with Gasteiger partial charge in [0.25, 0.3) is 0 Å². The minimum Gasteiger partial charge on any atom is -0.301 e. The first-order valence-electron chi connectivity index (χ1n) is 6.66. The predicted molar refractivity (Wildman–Crippen MR) is 69.6 cm³/mol. The molecule has 92 valence electrons. The van der Waals surface area contributed by atoms with Crippen molar-refractivity contribution in [2.24, 2.45) is 5.41 Å². The Morgan fingerprint density at radius 2 is 1.75 bits per heavy atom. The maximum atomic E-state index is 4.04. The summed E-state index contributed by atoms with van der Waals surface area (Å²) in [6.45, 7) is 12.5. The molecule has 1 atom stereocenters. The normalized spacial score (nSPS) is 31.4. The van der Waals surface area contributed by atoms with Crippen LogP contribution in [0.2, 0.25) is 0 Å². The van der Waals surface area contributed by atoms with Gasteiger partial charge >= 0.3 is 0 Å². The molecule has 0 amide bonds. The first-order chi connectivity index (χ1) is 7.59. The molecule has 0 aromatic rings. The number of piperidine rings is 1. The van der Waals surface area contributed by atoms with Crippen molar-refractivity contribution >= 4 is 0 Å². The van der Waals surface area contributed by atoms with E-state index in [0.29, 0.717) is 17.5 Å². The molecule has 2 rings (SSSR count). The molecule has 0 aliphatic carbocycles. The van der Waals surface area contributed by atoms with Crippen LogP contribution in [0, 0.1) is 5.41 Å². The van der Waals surface area contributed by atoms with E-state index in [1.54, 1.807) is 0 Å². The minimum atomic E-state index is 0.544. The van der Waals surface area contributed by atoms with Gasteiger partial charge in [-0.2, -0.15) is 0 Å². The second-order valence-electron chi connectivity index (χ2n) is 5.90. The number of rotatable bonds is 2. The maximum Gasteiger partial charge on any atom is 0.0330 e. The summed E-state index contributed by atoms with van der Waals surface area (Å²) in [6.07, 6.45) is 6.25. The first kappa shape index (κ1) is 12.1. The quantitative estimate of drug-likeness (QED) is 0.662. The van der Waals surface area contributed by atoms with E-state index in [0.717, 1.165) is 0 Å². The van der Waals surface area contributed by atoms with Gasteiger partial charge in [0, 0.05) is 12.1 Å². The highest BCUT2D eigenvalue weighted by atomic mass is 15.2. The van der Waals surface area contributed by atoms with Crippen molar-refractivity contribution < 1.29 is 0 Å². The summed E-state index contributed by atoms with van der Waals surface area (Å²) < 4.78 is 0. The minimum absolute atomic E-state index is 0.544. The summed E-state index contributed by atoms with van der Waals surface area (Å²) in [5.74, 6) is 0. The summed E-state index contributed by atoms with van der Waals surface area (Å²) in [7, 11) is 2.25. The molecule has 2 heteroatoms. The van der Waals surface area contributed by atoms with E-state index < -0.39 is 0 Å². The van der Waals surface area contributed by atoms with E-state index in [2.05, 4.69) is 43.3 Å². The highest BCUT2D eigenvalue weighted by molar-refractivity contribution is 5.07. The molecule has 2 saturated heterocycles. The number of hydrogen-bond acceptors (Lipinski definition) is 2. The molecule has 0 bridgehead atoms. The van der Waals surface area contributed by atoms with E-state index in [-0.39, 0.29) is 0 Å². The lowest BCUT2D eigenvalue weighted by Crippen LogP contribution is -2.47. The molecule has 0 saturated carbocycles. The van der Waals surface area contributed by atoms with Crippen molar-refractivity contribution in [1.29, 1.82) is 0 Å². The lowest BCUT2D eigenvalue weighted by atomic mass is 9.72. The highest BCUT2D eigenvalue weighted by Gasteiger charge is 2.45. The second kappa shape index (κ2) is 4.50. The topological polar surface area (TPSA) is 6.48 Å². The van der Waals surface area contributed by atoms with Crippen molar-refractivity contribution in [3.05, 3.63) is 12.7 Å². The molecule has 0 radical (unpaired) electrons. The largest absolute Gasteiger partial charge is 0.301 e. The van der Waals surface area contributed by atoms with Gasteiger partial charge in [0.2, 0.25) is 0 Å². The molecule has 0 aromatic heterocycles. The van der Waals surface area contributed by atoms with Crippen molar-refractivity contribution in [2.45, 2.75) is 45.2 Å². The zero-order valence-electron chi connectivity index (χ0n) is 11.1. The predicted octanol–water partition coefficient (Wildman–Crippen LogP) is 2.37. The van der Waals surface area contributed by atoms with Gasteiger partial charge in [0.1, 0.15) is 0 Å². The van der Waals surface area contributed by atoms with Crippen LogP contribution in [0.3, 0.4) is 0 Å². The summed E-state index contributed by atoms with van der Waals surface area (Å²) in [6, 6.07) is 1.32. The van der Waals surface area contributed by atoms with Crippen LogP contribution in [-0.4, -0.2) is 48.6 Å². The van der Waals surface area contributed by atoms with Gasteiger partial charge in [-0.25, -0.2) is 0 Å². The van der Waals surface area contributed by atoms with Gasteiger partial charge in [-0.05, 0) is 65.2 Å². The molecule has 0 unspecified atom stereocenters. The molecule has 2 heterocycles. The molecule has 0 aromatic carbocycles. The Labute approximate surface area is 100 Å². The zero-order chi connectivity index (χ0) is 11.8. The van der Waals surface area contributed by atoms with Crippen molar-refractivity contribution in [1.82, 2.24) is 9.80 Å². The lowest BCUT2D eigenvalue weighted by molar-refractivity contribution is 0.0698. The first-order valence-corrected chi connectivity index (χ1v) is 6.66. The number of hydrogen-bond donors (Lipinski definition) is 0. The van der Waals surface area contributed by atoms with E-state index in [1.807, 2.05) is 0 Å². The van der Waals surface area contributed by atoms with Gasteiger partial charge in [0.05, 0.1) is 0 Å². The van der Waals surface area contributed by atoms with Crippen LogP contribution in [0.25, 0.3) is 0 Å². The standard InChI is InChI=1S/C14H26N2/c1-5-13-14(6-9-15(13)4)7-10-16(11-8-14)12(2)3/h5,12-13H,1,6-11H2,2-4H3/t13-/m1/s1. The van der Waals surface area contributed by atoms with Crippen LogP contribution >= 0.6 is 0 Å². The van der Waals surface area contributed by atoms with Gasteiger partial charge in [-0.1, -0.05) is 6.08 Å². The fraction of sp³-hybridized carbons (Fsp3) is 0.857. The molecule has 2 aliphatic rings. The molecule has 1 spiro atoms. The van der Waals surface area contributed by atoms with E-state index in [4.69, 9.17) is 0 Å². The second-order valence-corrected chi connectivity index (χ2v) is 5.90. The smallest absolute Gasteiger partial charge is 0.0330 e. The molecular weight excluding hydrogens is 196 g/mol. The van der Waals surface area contributed by atoms with Gasteiger partial charge in [-0.3, -0.25) is 4.90 Å². The van der Waals surface area contributed by atoms with E-state index >= 15 is 0 Å². The summed E-state index contributed by atoms with van der Waals surface area (Å²) >= 11 is 0. The van der Waals surface area contributed by atoms with Crippen LogP contribution in [0.1, 0.15) is 33.1 Å². The van der Waals surface area contributed by atoms with Crippen molar-refractivity contribution in [2.75, 3.05) is 26.7 Å². The van der Waals surface area contributed by atoms with Crippen molar-refractivity contribution in [3.63, 3.8) is 0 Å². The summed E-state index contributed by atoms with van der Waals surface area (Å²) in [4.78, 5) is 5.10. The third-order valence-electron chi connectivity index (χ3n) is 4.81. The Kier molecular flexibility index (Phi) is 3.41. The third-order valence-corrected chi connectivity index (χ3v) is 4.81. The Balaban J connectivity index is 2.03. The fourth-order valence-corrected chi connectivity index (χ4v) is 3.61.